The molecule has 19 heteroatoms. The molecular formula is C55H82O18S. The van der Waals surface area contributed by atoms with Crippen LogP contribution in [0.3, 0.4) is 0 Å². The highest BCUT2D eigenvalue weighted by molar-refractivity contribution is 7.80. The Hall–Kier alpha value is -1.73. The highest BCUT2D eigenvalue weighted by atomic mass is 32.3. The Kier molecular flexibility index (Phi) is 14.5. The minimum Gasteiger partial charge on any atom is -0.396 e. The molecular weight excluding hydrogens is 981 g/mol. The maximum atomic E-state index is 12.3. The van der Waals surface area contributed by atoms with E-state index in [-0.39, 0.29) is 92.5 Å². The fourth-order valence-electron chi connectivity index (χ4n) is 15.4. The van der Waals surface area contributed by atoms with Crippen molar-refractivity contribution in [2.75, 3.05) is 6.61 Å². The lowest BCUT2D eigenvalue weighted by Crippen LogP contribution is -2.73. The molecule has 416 valence electrons. The zero-order chi connectivity index (χ0) is 52.5. The Labute approximate surface area is 436 Å². The molecule has 11 fully saturated rings. The summed E-state index contributed by atoms with van der Waals surface area (Å²) in [4.78, 5) is 0. The normalized spacial score (nSPS) is 52.7. The summed E-state index contributed by atoms with van der Waals surface area (Å²) in [5.74, 6) is 0.0156. The fraction of sp³-hybridized carbons (Fsp3) is 0.855. The van der Waals surface area contributed by atoms with Crippen LogP contribution in [0.1, 0.15) is 131 Å². The molecule has 0 aromatic carbocycles. The van der Waals surface area contributed by atoms with E-state index in [2.05, 4.69) is 40.5 Å². The van der Waals surface area contributed by atoms with E-state index < -0.39 is 93.3 Å². The van der Waals surface area contributed by atoms with Crippen molar-refractivity contribution in [3.05, 3.63) is 49.1 Å². The third-order valence-electron chi connectivity index (χ3n) is 19.3. The number of rotatable bonds is 10. The van der Waals surface area contributed by atoms with Crippen LogP contribution in [-0.4, -0.2) is 185 Å². The number of aliphatic hydroxyl groups is 3. The Morgan fingerprint density at radius 3 is 2.03 bits per heavy atom. The third-order valence-corrected chi connectivity index (χ3v) is 19.7. The molecule has 18 nitrogen and oxygen atoms in total. The van der Waals surface area contributed by atoms with Gasteiger partial charge in [-0.15, -0.1) is 6.58 Å². The zero-order valence-corrected chi connectivity index (χ0v) is 44.8. The average Bonchev–Trinajstić information content (AvgIpc) is 3.52. The second-order valence-corrected chi connectivity index (χ2v) is 26.1. The van der Waals surface area contributed by atoms with Gasteiger partial charge in [0.15, 0.2) is 0 Å². The fourth-order valence-corrected chi connectivity index (χ4v) is 16.0. The lowest BCUT2D eigenvalue weighted by molar-refractivity contribution is -0.361. The number of hydrogen-bond acceptors (Lipinski definition) is 17. The number of fused-ring (bicyclic) bond motifs is 10. The van der Waals surface area contributed by atoms with Crippen molar-refractivity contribution in [1.29, 1.82) is 0 Å². The predicted molar refractivity (Wildman–Crippen MR) is 265 cm³/mol. The van der Waals surface area contributed by atoms with Crippen LogP contribution in [0.15, 0.2) is 49.1 Å². The number of allylic oxidation sites excluding steroid dienone is 3. The molecule has 0 aliphatic carbocycles. The van der Waals surface area contributed by atoms with Crippen LogP contribution in [0, 0.1) is 5.92 Å². The quantitative estimate of drug-likeness (QED) is 0.162. The molecule has 0 aromatic rings. The van der Waals surface area contributed by atoms with Gasteiger partial charge in [0.25, 0.3) is 0 Å². The molecule has 0 unspecified atom stereocenters. The number of aliphatic hydroxyl groups excluding tert-OH is 2. The summed E-state index contributed by atoms with van der Waals surface area (Å²) < 4.78 is 114. The number of hydrogen-bond donors (Lipinski definition) is 4. The van der Waals surface area contributed by atoms with E-state index in [1.54, 1.807) is 19.9 Å². The maximum absolute atomic E-state index is 12.3. The minimum atomic E-state index is -4.78. The van der Waals surface area contributed by atoms with E-state index >= 15 is 0 Å². The maximum Gasteiger partial charge on any atom is 0.397 e. The van der Waals surface area contributed by atoms with Crippen molar-refractivity contribution in [1.82, 2.24) is 0 Å². The molecule has 11 saturated heterocycles. The first-order chi connectivity index (χ1) is 34.9. The summed E-state index contributed by atoms with van der Waals surface area (Å²) in [7, 11) is -4.78. The molecule has 11 rings (SSSR count). The number of ether oxygens (including phenoxy) is 11. The van der Waals surface area contributed by atoms with Crippen molar-refractivity contribution in [3.8, 4) is 0 Å². The van der Waals surface area contributed by atoms with Gasteiger partial charge in [-0.05, 0) is 84.6 Å². The van der Waals surface area contributed by atoms with Gasteiger partial charge in [0.05, 0.1) is 114 Å². The summed E-state index contributed by atoms with van der Waals surface area (Å²) in [6.07, 6.45) is 4.13. The van der Waals surface area contributed by atoms with Gasteiger partial charge in [0.1, 0.15) is 35.6 Å². The Morgan fingerprint density at radius 1 is 0.743 bits per heavy atom. The monoisotopic (exact) mass is 1060 g/mol. The molecule has 0 aromatic heterocycles. The van der Waals surface area contributed by atoms with Crippen LogP contribution in [0.5, 0.6) is 0 Å². The average molecular weight is 1060 g/mol. The van der Waals surface area contributed by atoms with Gasteiger partial charge in [-0.25, -0.2) is 4.18 Å². The van der Waals surface area contributed by atoms with Gasteiger partial charge < -0.3 is 67.4 Å². The van der Waals surface area contributed by atoms with E-state index in [1.165, 1.54) is 0 Å². The highest BCUT2D eigenvalue weighted by Gasteiger charge is 2.66. The predicted octanol–water partition coefficient (Wildman–Crippen LogP) is 5.23. The molecule has 0 bridgehead atoms. The lowest BCUT2D eigenvalue weighted by atomic mass is 9.74. The Bertz CT molecular complexity index is 2280. The molecule has 26 atom stereocenters. The molecule has 74 heavy (non-hydrogen) atoms. The van der Waals surface area contributed by atoms with Crippen molar-refractivity contribution in [2.24, 2.45) is 5.92 Å². The lowest BCUT2D eigenvalue weighted by Gasteiger charge is -2.59. The summed E-state index contributed by atoms with van der Waals surface area (Å²) in [5, 5.41) is 33.8. The first-order valence-electron chi connectivity index (χ1n) is 27.5. The van der Waals surface area contributed by atoms with Gasteiger partial charge >= 0.3 is 10.4 Å². The first kappa shape index (κ1) is 54.2. The molecule has 0 spiro atoms. The second kappa shape index (κ2) is 19.8. The van der Waals surface area contributed by atoms with Crippen molar-refractivity contribution in [3.63, 3.8) is 0 Å². The van der Waals surface area contributed by atoms with E-state index in [9.17, 15) is 28.3 Å². The third kappa shape index (κ3) is 9.93. The zero-order valence-electron chi connectivity index (χ0n) is 44.0. The SMILES string of the molecule is C=CCC(=C)C/C=C/[C@@](C)(O)[C@H]1O[C@@H]2C[C@@H]3O[C@@H]4C[C@@H]5O[C@@H]6C[C@@H]7O[C@@H]8C[C@@H]9O[C@@H]%10C[C@@H]%11O[C@](C)(CCO)[C@@H](OS(=O)(=O)O)C[C@H]%11O[C@H]%10C[C@H]9O[C@H]8CC[C@@]7(C)O[C@@]6(C)C[C@H](C)[C@H]5O[C@H]4[C@@H](O)[C@@]3(C)O[C@H]2CC1=C. The summed E-state index contributed by atoms with van der Waals surface area (Å²) in [5.41, 5.74) is -3.13. The second-order valence-electron chi connectivity index (χ2n) is 25.0. The van der Waals surface area contributed by atoms with Crippen molar-refractivity contribution in [2.45, 2.75) is 282 Å². The summed E-state index contributed by atoms with van der Waals surface area (Å²) in [6, 6.07) is 0. The van der Waals surface area contributed by atoms with Gasteiger partial charge in [0.2, 0.25) is 0 Å². The van der Waals surface area contributed by atoms with Crippen LogP contribution < -0.4 is 0 Å². The van der Waals surface area contributed by atoms with Crippen LogP contribution >= 0.6 is 0 Å². The standard InChI is InChI=1S/C55H82O18S/c1-10-12-28(2)13-11-15-51(5,58)50-29(3)19-39-38(68-50)25-46-55(9,71-39)49(57)48-42(67-46)23-41-47(69-48)30(4)27-54(8)44(66-41)26-43-53(7,73-54)16-14-31-32(65-43)20-34-33(62-31)21-35-36(63-34)22-40-37(64-35)24-45(72-74(59,60)61)52(6,70-40)17-18-56/h10-11,15,30-50,56-58H,1-3,12-14,16-27H2,4-9H3,(H,59,60,61)/b15-11+/t30-,31-,32+,33+,34-,35-,36+,37+,38+,39-,40-,41-,42+,43-,44+,45-,46-,47+,48+,49+,50-,51+,52+,53+,54-,55-/m0/s1. The van der Waals surface area contributed by atoms with E-state index in [4.69, 9.17) is 56.3 Å². The molecule has 11 aliphatic heterocycles. The van der Waals surface area contributed by atoms with Gasteiger partial charge in [-0.2, -0.15) is 8.42 Å². The molecule has 0 radical (unpaired) electrons. The van der Waals surface area contributed by atoms with E-state index in [0.717, 1.165) is 17.6 Å². The minimum absolute atomic E-state index is 0.0156. The van der Waals surface area contributed by atoms with Crippen LogP contribution in [0.25, 0.3) is 0 Å². The topological polar surface area (TPSA) is 226 Å². The summed E-state index contributed by atoms with van der Waals surface area (Å²) >= 11 is 0. The first-order valence-corrected chi connectivity index (χ1v) is 28.9. The largest absolute Gasteiger partial charge is 0.397 e. The molecule has 0 amide bonds. The smallest absolute Gasteiger partial charge is 0.396 e. The van der Waals surface area contributed by atoms with E-state index in [1.807, 2.05) is 19.1 Å². The summed E-state index contributed by atoms with van der Waals surface area (Å²) in [6.45, 7) is 23.8. The Balaban J connectivity index is 0.743. The molecule has 0 saturated carbocycles. The van der Waals surface area contributed by atoms with Crippen LogP contribution in [0.2, 0.25) is 0 Å². The van der Waals surface area contributed by atoms with Gasteiger partial charge in [-0.1, -0.05) is 43.9 Å². The Morgan fingerprint density at radius 2 is 1.34 bits per heavy atom. The molecule has 11 heterocycles. The highest BCUT2D eigenvalue weighted by Crippen LogP contribution is 2.54. The van der Waals surface area contributed by atoms with E-state index in [0.29, 0.717) is 70.6 Å². The van der Waals surface area contributed by atoms with Crippen LogP contribution in [-0.2, 0) is 66.7 Å². The van der Waals surface area contributed by atoms with Crippen molar-refractivity contribution >= 4 is 10.4 Å². The molecule has 11 aliphatic rings. The van der Waals surface area contributed by atoms with Gasteiger partial charge in [0, 0.05) is 58.0 Å². The van der Waals surface area contributed by atoms with Crippen LogP contribution in [0.4, 0.5) is 0 Å². The van der Waals surface area contributed by atoms with Crippen molar-refractivity contribution < 1.29 is 84.6 Å². The molecule has 4 N–H and O–H groups in total. The van der Waals surface area contributed by atoms with Gasteiger partial charge in [-0.3, -0.25) is 4.55 Å².